The number of carbonyl (C=O) groups is 1. The lowest BCUT2D eigenvalue weighted by Gasteiger charge is -2.06. The molecule has 2 aromatic carbocycles. The van der Waals surface area contributed by atoms with Gasteiger partial charge in [-0.05, 0) is 36.8 Å². The summed E-state index contributed by atoms with van der Waals surface area (Å²) in [7, 11) is 1.67. The number of methoxy groups -OCH3 is 1. The number of ether oxygens (including phenoxy) is 1. The summed E-state index contributed by atoms with van der Waals surface area (Å²) in [5.41, 5.74) is 2.89. The molecule has 26 heavy (non-hydrogen) atoms. The van der Waals surface area contributed by atoms with Crippen molar-refractivity contribution in [1.29, 1.82) is 0 Å². The molecule has 0 spiro atoms. The van der Waals surface area contributed by atoms with Gasteiger partial charge in [0.15, 0.2) is 0 Å². The highest BCUT2D eigenvalue weighted by Crippen LogP contribution is 2.26. The van der Waals surface area contributed by atoms with Crippen LogP contribution in [0, 0.1) is 6.92 Å². The minimum atomic E-state index is -0.0411. The summed E-state index contributed by atoms with van der Waals surface area (Å²) in [6.45, 7) is 1.98. The number of hydrogen-bond donors (Lipinski definition) is 1. The van der Waals surface area contributed by atoms with E-state index in [0.29, 0.717) is 6.42 Å². The lowest BCUT2D eigenvalue weighted by Crippen LogP contribution is -2.15. The molecule has 134 valence electrons. The van der Waals surface area contributed by atoms with Gasteiger partial charge in [0, 0.05) is 21.7 Å². The molecule has 0 aliphatic carbocycles. The predicted molar refractivity (Wildman–Crippen MR) is 108 cm³/mol. The van der Waals surface area contributed by atoms with Crippen LogP contribution < -0.4 is 10.1 Å². The molecule has 6 heteroatoms. The molecule has 0 radical (unpaired) electrons. The van der Waals surface area contributed by atoms with E-state index in [1.165, 1.54) is 11.3 Å². The van der Waals surface area contributed by atoms with Crippen LogP contribution in [0.2, 0.25) is 0 Å². The van der Waals surface area contributed by atoms with Gasteiger partial charge in [0.1, 0.15) is 10.8 Å². The first-order valence-corrected chi connectivity index (χ1v) is 10.1. The second-order valence-corrected chi connectivity index (χ2v) is 7.73. The molecule has 3 rings (SSSR count). The number of nitrogens with one attached hydrogen (secondary N) is 1. The van der Waals surface area contributed by atoms with Crippen LogP contribution in [0.25, 0.3) is 0 Å². The quantitative estimate of drug-likeness (QED) is 0.587. The van der Waals surface area contributed by atoms with Crippen molar-refractivity contribution < 1.29 is 9.53 Å². The number of amides is 1. The minimum absolute atomic E-state index is 0.0411. The maximum Gasteiger partial charge on any atom is 0.231 e. The maximum atomic E-state index is 12.2. The van der Waals surface area contributed by atoms with Gasteiger partial charge in [0.25, 0.3) is 0 Å². The summed E-state index contributed by atoms with van der Waals surface area (Å²) < 4.78 is 5.24. The van der Waals surface area contributed by atoms with Crippen LogP contribution >= 0.6 is 23.1 Å². The highest BCUT2D eigenvalue weighted by molar-refractivity contribution is 7.98. The molecule has 0 aliphatic heterocycles. The number of aryl methyl sites for hydroxylation is 1. The number of hydrogen-bond acceptors (Lipinski definition) is 5. The number of nitrogens with zero attached hydrogens (tertiary/aromatic N) is 1. The number of aromatic nitrogens is 1. The van der Waals surface area contributed by atoms with Crippen molar-refractivity contribution in [3.05, 3.63) is 70.2 Å². The van der Waals surface area contributed by atoms with E-state index in [0.717, 1.165) is 38.4 Å². The van der Waals surface area contributed by atoms with Crippen LogP contribution in [0.15, 0.2) is 58.8 Å². The summed E-state index contributed by atoms with van der Waals surface area (Å²) in [6, 6.07) is 15.7. The first-order valence-electron chi connectivity index (χ1n) is 8.19. The maximum absolute atomic E-state index is 12.2. The second kappa shape index (κ2) is 8.87. The molecule has 0 aliphatic rings. The standard InChI is InChI=1S/C20H20N2O2S2/c1-14-6-3-4-9-18(14)22-19(23)11-20-21-15(13-26-20)12-25-17-8-5-7-16(10-17)24-2/h3-10,13H,11-12H2,1-2H3,(H,22,23). The van der Waals surface area contributed by atoms with Crippen LogP contribution in [-0.2, 0) is 17.0 Å². The Morgan fingerprint density at radius 1 is 1.23 bits per heavy atom. The molecule has 0 atom stereocenters. The minimum Gasteiger partial charge on any atom is -0.497 e. The number of carbonyl (C=O) groups excluding carboxylic acids is 1. The van der Waals surface area contributed by atoms with E-state index in [4.69, 9.17) is 4.74 Å². The number of thioether (sulfide) groups is 1. The van der Waals surface area contributed by atoms with Gasteiger partial charge in [0.2, 0.25) is 5.91 Å². The van der Waals surface area contributed by atoms with Crippen LogP contribution in [0.3, 0.4) is 0 Å². The predicted octanol–water partition coefficient (Wildman–Crippen LogP) is 4.93. The molecule has 4 nitrogen and oxygen atoms in total. The molecule has 1 heterocycles. The van der Waals surface area contributed by atoms with E-state index in [2.05, 4.69) is 16.4 Å². The summed E-state index contributed by atoms with van der Waals surface area (Å²) in [5.74, 6) is 1.57. The summed E-state index contributed by atoms with van der Waals surface area (Å²) >= 11 is 3.23. The van der Waals surface area contributed by atoms with E-state index < -0.39 is 0 Å². The number of anilines is 1. The van der Waals surface area contributed by atoms with Gasteiger partial charge in [-0.15, -0.1) is 23.1 Å². The van der Waals surface area contributed by atoms with Crippen LogP contribution in [-0.4, -0.2) is 18.0 Å². The first-order chi connectivity index (χ1) is 12.6. The average Bonchev–Trinajstić information content (AvgIpc) is 3.09. The fourth-order valence-electron chi connectivity index (χ4n) is 2.39. The summed E-state index contributed by atoms with van der Waals surface area (Å²) in [4.78, 5) is 17.9. The molecule has 0 unspecified atom stereocenters. The third kappa shape index (κ3) is 5.09. The summed E-state index contributed by atoms with van der Waals surface area (Å²) in [5, 5.41) is 5.80. The Labute approximate surface area is 161 Å². The SMILES string of the molecule is COc1cccc(SCc2csc(CC(=O)Nc3ccccc3C)n2)c1. The lowest BCUT2D eigenvalue weighted by atomic mass is 10.2. The fraction of sp³-hybridized carbons (Fsp3) is 0.200. The highest BCUT2D eigenvalue weighted by Gasteiger charge is 2.10. The van der Waals surface area contributed by atoms with Crippen molar-refractivity contribution in [3.8, 4) is 5.75 Å². The molecule has 1 N–H and O–H groups in total. The molecule has 1 amide bonds. The van der Waals surface area contributed by atoms with E-state index in [9.17, 15) is 4.79 Å². The van der Waals surface area contributed by atoms with Gasteiger partial charge in [-0.1, -0.05) is 24.3 Å². The van der Waals surface area contributed by atoms with E-state index in [1.54, 1.807) is 18.9 Å². The van der Waals surface area contributed by atoms with Crippen molar-refractivity contribution >= 4 is 34.7 Å². The number of rotatable bonds is 7. The average molecular weight is 385 g/mol. The van der Waals surface area contributed by atoms with E-state index >= 15 is 0 Å². The van der Waals surface area contributed by atoms with E-state index in [-0.39, 0.29) is 5.91 Å². The molecule has 1 aromatic heterocycles. The molecular formula is C20H20N2O2S2. The smallest absolute Gasteiger partial charge is 0.231 e. The van der Waals surface area contributed by atoms with Crippen molar-refractivity contribution in [2.45, 2.75) is 24.0 Å². The van der Waals surface area contributed by atoms with Gasteiger partial charge < -0.3 is 10.1 Å². The number of para-hydroxylation sites is 1. The zero-order chi connectivity index (χ0) is 18.4. The molecule has 3 aromatic rings. The lowest BCUT2D eigenvalue weighted by molar-refractivity contribution is -0.115. The zero-order valence-electron chi connectivity index (χ0n) is 14.7. The van der Waals surface area contributed by atoms with Crippen molar-refractivity contribution in [1.82, 2.24) is 4.98 Å². The van der Waals surface area contributed by atoms with E-state index in [1.807, 2.05) is 54.8 Å². The van der Waals surface area contributed by atoms with Crippen molar-refractivity contribution in [3.63, 3.8) is 0 Å². The Bertz CT molecular complexity index is 893. The fourth-order valence-corrected chi connectivity index (χ4v) is 4.12. The Hall–Kier alpha value is -2.31. The zero-order valence-corrected chi connectivity index (χ0v) is 16.3. The third-order valence-electron chi connectivity index (χ3n) is 3.76. The summed E-state index contributed by atoms with van der Waals surface area (Å²) in [6.07, 6.45) is 0.294. The van der Waals surface area contributed by atoms with Gasteiger partial charge in [-0.3, -0.25) is 4.79 Å². The van der Waals surface area contributed by atoms with Crippen LogP contribution in [0.4, 0.5) is 5.69 Å². The van der Waals surface area contributed by atoms with Crippen molar-refractivity contribution in [2.75, 3.05) is 12.4 Å². The van der Waals surface area contributed by atoms with Crippen LogP contribution in [0.1, 0.15) is 16.3 Å². The van der Waals surface area contributed by atoms with Crippen LogP contribution in [0.5, 0.6) is 5.75 Å². The second-order valence-electron chi connectivity index (χ2n) is 5.74. The van der Waals surface area contributed by atoms with Gasteiger partial charge in [-0.2, -0.15) is 0 Å². The Balaban J connectivity index is 1.54. The Kier molecular flexibility index (Phi) is 6.30. The normalized spacial score (nSPS) is 10.5. The monoisotopic (exact) mass is 384 g/mol. The Morgan fingerprint density at radius 3 is 2.88 bits per heavy atom. The molecule has 0 fully saturated rings. The molecule has 0 bridgehead atoms. The van der Waals surface area contributed by atoms with Crippen molar-refractivity contribution in [2.24, 2.45) is 0 Å². The number of thiazole rings is 1. The third-order valence-corrected chi connectivity index (χ3v) is 5.68. The Morgan fingerprint density at radius 2 is 2.08 bits per heavy atom. The molecule has 0 saturated heterocycles. The van der Waals surface area contributed by atoms with Gasteiger partial charge in [0.05, 0.1) is 19.2 Å². The number of benzene rings is 2. The largest absolute Gasteiger partial charge is 0.497 e. The molecular weight excluding hydrogens is 364 g/mol. The van der Waals surface area contributed by atoms with Gasteiger partial charge >= 0.3 is 0 Å². The molecule has 0 saturated carbocycles. The topological polar surface area (TPSA) is 51.2 Å². The highest BCUT2D eigenvalue weighted by atomic mass is 32.2. The van der Waals surface area contributed by atoms with Gasteiger partial charge in [-0.25, -0.2) is 4.98 Å². The first kappa shape index (κ1) is 18.5.